The molecule has 8 heteroatoms. The molecule has 2 aromatic rings. The summed E-state index contributed by atoms with van der Waals surface area (Å²) in [7, 11) is -3.50. The molecule has 2 rings (SSSR count). The minimum absolute atomic E-state index is 0.114. The van der Waals surface area contributed by atoms with Gasteiger partial charge >= 0.3 is 0 Å². The Hall–Kier alpha value is -1.77. The molecule has 1 N–H and O–H groups in total. The second kappa shape index (κ2) is 8.07. The van der Waals surface area contributed by atoms with Crippen molar-refractivity contribution < 1.29 is 13.2 Å². The monoisotopic (exact) mass is 381 g/mol. The van der Waals surface area contributed by atoms with Crippen LogP contribution in [0.15, 0.2) is 29.2 Å². The number of sulfonamides is 1. The van der Waals surface area contributed by atoms with Gasteiger partial charge in [-0.2, -0.15) is 4.31 Å². The number of hydrogen-bond acceptors (Lipinski definition) is 6. The standard InChI is InChI=1S/C17H23N3O3S2/c1-5-20(6-2)25(22,23)15-9-7-14(8-10-15)16(21)11-18-17-19-12(3)13(4)24-17/h7-10H,5-6,11H2,1-4H3,(H,18,19). The lowest BCUT2D eigenvalue weighted by Gasteiger charge is -2.18. The van der Waals surface area contributed by atoms with E-state index < -0.39 is 10.0 Å². The summed E-state index contributed by atoms with van der Waals surface area (Å²) in [6, 6.07) is 6.08. The van der Waals surface area contributed by atoms with E-state index in [0.29, 0.717) is 23.8 Å². The summed E-state index contributed by atoms with van der Waals surface area (Å²) >= 11 is 1.51. The molecule has 0 saturated carbocycles. The van der Waals surface area contributed by atoms with E-state index in [-0.39, 0.29) is 17.2 Å². The van der Waals surface area contributed by atoms with Gasteiger partial charge in [0.05, 0.1) is 17.1 Å². The number of nitrogens with zero attached hydrogens (tertiary/aromatic N) is 2. The lowest BCUT2D eigenvalue weighted by Crippen LogP contribution is -2.30. The Labute approximate surface area is 153 Å². The second-order valence-corrected chi connectivity index (χ2v) is 8.69. The Morgan fingerprint density at radius 1 is 1.16 bits per heavy atom. The molecule has 0 saturated heterocycles. The van der Waals surface area contributed by atoms with Crippen LogP contribution in [0.2, 0.25) is 0 Å². The molecule has 136 valence electrons. The highest BCUT2D eigenvalue weighted by atomic mass is 32.2. The maximum Gasteiger partial charge on any atom is 0.243 e. The zero-order valence-electron chi connectivity index (χ0n) is 14.9. The van der Waals surface area contributed by atoms with Gasteiger partial charge in [-0.05, 0) is 38.1 Å². The third-order valence-corrected chi connectivity index (χ3v) is 7.04. The topological polar surface area (TPSA) is 79.4 Å². The summed E-state index contributed by atoms with van der Waals surface area (Å²) in [5, 5.41) is 3.73. The van der Waals surface area contributed by atoms with Crippen LogP contribution in [0.5, 0.6) is 0 Å². The normalized spacial score (nSPS) is 11.7. The fourth-order valence-corrected chi connectivity index (χ4v) is 4.60. The lowest BCUT2D eigenvalue weighted by molar-refractivity contribution is 0.101. The fraction of sp³-hybridized carbons (Fsp3) is 0.412. The minimum Gasteiger partial charge on any atom is -0.354 e. The number of ketones is 1. The van der Waals surface area contributed by atoms with Crippen LogP contribution < -0.4 is 5.32 Å². The van der Waals surface area contributed by atoms with Gasteiger partial charge in [0.15, 0.2) is 10.9 Å². The number of benzene rings is 1. The van der Waals surface area contributed by atoms with Gasteiger partial charge in [0.25, 0.3) is 0 Å². The van der Waals surface area contributed by atoms with Gasteiger partial charge < -0.3 is 5.32 Å². The van der Waals surface area contributed by atoms with Gasteiger partial charge in [0.2, 0.25) is 10.0 Å². The van der Waals surface area contributed by atoms with Crippen LogP contribution >= 0.6 is 11.3 Å². The molecule has 0 radical (unpaired) electrons. The van der Waals surface area contributed by atoms with Crippen molar-refractivity contribution in [2.45, 2.75) is 32.6 Å². The zero-order valence-corrected chi connectivity index (χ0v) is 16.5. The highest BCUT2D eigenvalue weighted by Crippen LogP contribution is 2.21. The van der Waals surface area contributed by atoms with Crippen molar-refractivity contribution in [3.05, 3.63) is 40.4 Å². The Morgan fingerprint density at radius 3 is 2.24 bits per heavy atom. The molecular weight excluding hydrogens is 358 g/mol. The number of thiazole rings is 1. The van der Waals surface area contributed by atoms with Gasteiger partial charge in [-0.3, -0.25) is 4.79 Å². The molecule has 1 heterocycles. The molecular formula is C17H23N3O3S2. The molecule has 0 aliphatic heterocycles. The number of hydrogen-bond donors (Lipinski definition) is 1. The summed E-state index contributed by atoms with van der Waals surface area (Å²) in [5.41, 5.74) is 1.42. The molecule has 0 amide bonds. The van der Waals surface area contributed by atoms with E-state index in [4.69, 9.17) is 0 Å². The van der Waals surface area contributed by atoms with Crippen molar-refractivity contribution >= 4 is 32.3 Å². The predicted octanol–water partition coefficient (Wildman–Crippen LogP) is 3.09. The maximum atomic E-state index is 12.4. The largest absolute Gasteiger partial charge is 0.354 e. The smallest absolute Gasteiger partial charge is 0.243 e. The highest BCUT2D eigenvalue weighted by molar-refractivity contribution is 7.89. The molecule has 0 bridgehead atoms. The number of anilines is 1. The van der Waals surface area contributed by atoms with E-state index in [1.54, 1.807) is 26.0 Å². The van der Waals surface area contributed by atoms with Gasteiger partial charge in [-0.1, -0.05) is 13.8 Å². The van der Waals surface area contributed by atoms with Crippen LogP contribution in [-0.2, 0) is 10.0 Å². The SMILES string of the molecule is CCN(CC)S(=O)(=O)c1ccc(C(=O)CNc2nc(C)c(C)s2)cc1. The molecule has 25 heavy (non-hydrogen) atoms. The number of rotatable bonds is 8. The van der Waals surface area contributed by atoms with Gasteiger partial charge in [0.1, 0.15) is 0 Å². The third kappa shape index (κ3) is 4.45. The first-order chi connectivity index (χ1) is 11.8. The number of aryl methyl sites for hydroxylation is 2. The summed E-state index contributed by atoms with van der Waals surface area (Å²) in [6.45, 7) is 8.45. The van der Waals surface area contributed by atoms with Crippen LogP contribution in [0.25, 0.3) is 0 Å². The number of Topliss-reactive ketones (excluding diaryl/α,β-unsaturated/α-hetero) is 1. The predicted molar refractivity (Wildman–Crippen MR) is 101 cm³/mol. The molecule has 6 nitrogen and oxygen atoms in total. The Balaban J connectivity index is 2.07. The van der Waals surface area contributed by atoms with E-state index in [2.05, 4.69) is 10.3 Å². The number of carbonyl (C=O) groups is 1. The Bertz CT molecular complexity index is 819. The Kier molecular flexibility index (Phi) is 6.31. The maximum absolute atomic E-state index is 12.4. The van der Waals surface area contributed by atoms with E-state index in [9.17, 15) is 13.2 Å². The molecule has 1 aromatic carbocycles. The fourth-order valence-electron chi connectivity index (χ4n) is 2.33. The molecule has 0 fully saturated rings. The summed E-state index contributed by atoms with van der Waals surface area (Å²) < 4.78 is 26.3. The van der Waals surface area contributed by atoms with Crippen molar-refractivity contribution in [3.8, 4) is 0 Å². The number of carbonyl (C=O) groups excluding carboxylic acids is 1. The second-order valence-electron chi connectivity index (χ2n) is 5.55. The van der Waals surface area contributed by atoms with E-state index >= 15 is 0 Å². The third-order valence-electron chi connectivity index (χ3n) is 3.95. The molecule has 0 spiro atoms. The molecule has 0 atom stereocenters. The van der Waals surface area contributed by atoms with Crippen LogP contribution in [0.1, 0.15) is 34.8 Å². The van der Waals surface area contributed by atoms with Crippen molar-refractivity contribution in [2.75, 3.05) is 25.0 Å². The zero-order chi connectivity index (χ0) is 18.6. The lowest BCUT2D eigenvalue weighted by atomic mass is 10.1. The first kappa shape index (κ1) is 19.6. The van der Waals surface area contributed by atoms with E-state index in [1.165, 1.54) is 27.8 Å². The number of nitrogens with one attached hydrogen (secondary N) is 1. The van der Waals surface area contributed by atoms with Crippen LogP contribution in [-0.4, -0.2) is 43.1 Å². The van der Waals surface area contributed by atoms with Crippen molar-refractivity contribution in [1.29, 1.82) is 0 Å². The van der Waals surface area contributed by atoms with Crippen molar-refractivity contribution in [3.63, 3.8) is 0 Å². The molecule has 0 aliphatic carbocycles. The van der Waals surface area contributed by atoms with E-state index in [0.717, 1.165) is 10.6 Å². The average Bonchev–Trinajstić information content (AvgIpc) is 2.92. The highest BCUT2D eigenvalue weighted by Gasteiger charge is 2.21. The summed E-state index contributed by atoms with van der Waals surface area (Å²) in [4.78, 5) is 17.9. The van der Waals surface area contributed by atoms with Crippen molar-refractivity contribution in [1.82, 2.24) is 9.29 Å². The summed E-state index contributed by atoms with van der Waals surface area (Å²) in [6.07, 6.45) is 0. The van der Waals surface area contributed by atoms with E-state index in [1.807, 2.05) is 13.8 Å². The first-order valence-electron chi connectivity index (χ1n) is 8.10. The average molecular weight is 382 g/mol. The number of aromatic nitrogens is 1. The molecule has 0 unspecified atom stereocenters. The van der Waals surface area contributed by atoms with Gasteiger partial charge in [0, 0.05) is 23.5 Å². The Morgan fingerprint density at radius 2 is 1.76 bits per heavy atom. The van der Waals surface area contributed by atoms with Gasteiger partial charge in [-0.25, -0.2) is 13.4 Å². The van der Waals surface area contributed by atoms with Crippen LogP contribution in [0.4, 0.5) is 5.13 Å². The quantitative estimate of drug-likeness (QED) is 0.711. The van der Waals surface area contributed by atoms with Crippen molar-refractivity contribution in [2.24, 2.45) is 0 Å². The van der Waals surface area contributed by atoms with Gasteiger partial charge in [-0.15, -0.1) is 11.3 Å². The first-order valence-corrected chi connectivity index (χ1v) is 10.4. The summed E-state index contributed by atoms with van der Waals surface area (Å²) in [5.74, 6) is -0.114. The molecule has 0 aliphatic rings. The molecule has 1 aromatic heterocycles. The van der Waals surface area contributed by atoms with Crippen LogP contribution in [0, 0.1) is 13.8 Å². The van der Waals surface area contributed by atoms with Crippen LogP contribution in [0.3, 0.4) is 0 Å². The minimum atomic E-state index is -3.50.